The van der Waals surface area contributed by atoms with Gasteiger partial charge >= 0.3 is 0 Å². The van der Waals surface area contributed by atoms with Gasteiger partial charge in [0.25, 0.3) is 0 Å². The van der Waals surface area contributed by atoms with Crippen LogP contribution in [0.2, 0.25) is 0 Å². The monoisotopic (exact) mass is 271 g/mol. The first-order valence-electron chi connectivity index (χ1n) is 6.91. The van der Waals surface area contributed by atoms with E-state index in [1.54, 1.807) is 6.26 Å². The Balaban J connectivity index is 1.58. The smallest absolute Gasteiger partial charge is 0.117 e. The molecule has 0 aliphatic carbocycles. The van der Waals surface area contributed by atoms with Crippen LogP contribution in [0, 0.1) is 0 Å². The van der Waals surface area contributed by atoms with E-state index in [2.05, 4.69) is 30.4 Å². The van der Waals surface area contributed by atoms with Crippen molar-refractivity contribution in [3.05, 3.63) is 66.1 Å². The van der Waals surface area contributed by atoms with Gasteiger partial charge in [0.05, 0.1) is 25.5 Å². The minimum atomic E-state index is 0.172. The second kappa shape index (κ2) is 8.35. The summed E-state index contributed by atoms with van der Waals surface area (Å²) in [4.78, 5) is 0. The van der Waals surface area contributed by atoms with Gasteiger partial charge in [-0.1, -0.05) is 42.5 Å². The Morgan fingerprint density at radius 3 is 2.80 bits per heavy atom. The largest absolute Gasteiger partial charge is 0.468 e. The number of nitrogens with one attached hydrogen (secondary N) is 1. The third kappa shape index (κ3) is 5.43. The maximum Gasteiger partial charge on any atom is 0.117 e. The molecule has 1 N–H and O–H groups in total. The van der Waals surface area contributed by atoms with Gasteiger partial charge in [-0.15, -0.1) is 0 Å². The lowest BCUT2D eigenvalue weighted by Gasteiger charge is -2.11. The van der Waals surface area contributed by atoms with Crippen LogP contribution in [0.15, 0.2) is 59.2 Å². The molecule has 1 atom stereocenters. The van der Waals surface area contributed by atoms with Crippen molar-refractivity contribution < 1.29 is 9.15 Å². The van der Waals surface area contributed by atoms with Gasteiger partial charge in [-0.05, 0) is 24.6 Å². The zero-order chi connectivity index (χ0) is 14.0. The Labute approximate surface area is 120 Å². The van der Waals surface area contributed by atoms with E-state index in [4.69, 9.17) is 9.15 Å². The maximum atomic E-state index is 5.70. The van der Waals surface area contributed by atoms with Gasteiger partial charge in [0.1, 0.15) is 5.76 Å². The van der Waals surface area contributed by atoms with E-state index in [-0.39, 0.29) is 6.10 Å². The van der Waals surface area contributed by atoms with Gasteiger partial charge in [0, 0.05) is 6.54 Å². The lowest BCUT2D eigenvalue weighted by Crippen LogP contribution is -2.26. The predicted molar refractivity (Wildman–Crippen MR) is 81.3 cm³/mol. The van der Waals surface area contributed by atoms with Crippen molar-refractivity contribution in [3.8, 4) is 0 Å². The van der Waals surface area contributed by atoms with Crippen molar-refractivity contribution in [2.45, 2.75) is 19.6 Å². The maximum absolute atomic E-state index is 5.70. The second-order valence-electron chi connectivity index (χ2n) is 4.67. The molecule has 1 heterocycles. The topological polar surface area (TPSA) is 34.4 Å². The van der Waals surface area contributed by atoms with Gasteiger partial charge in [-0.3, -0.25) is 0 Å². The third-order valence-electron chi connectivity index (χ3n) is 2.90. The zero-order valence-electron chi connectivity index (χ0n) is 11.8. The molecule has 0 fully saturated rings. The first-order valence-corrected chi connectivity index (χ1v) is 6.91. The summed E-state index contributed by atoms with van der Waals surface area (Å²) in [6.45, 7) is 4.23. The fourth-order valence-corrected chi connectivity index (χ4v) is 1.84. The summed E-state index contributed by atoms with van der Waals surface area (Å²) in [7, 11) is 0. The SMILES string of the molecule is CC(CNCc1ccco1)OCC=Cc1ccccc1. The van der Waals surface area contributed by atoms with E-state index in [0.717, 1.165) is 18.8 Å². The number of rotatable bonds is 8. The van der Waals surface area contributed by atoms with E-state index in [1.807, 2.05) is 36.4 Å². The Morgan fingerprint density at radius 1 is 1.20 bits per heavy atom. The fraction of sp³-hybridized carbons (Fsp3) is 0.294. The minimum absolute atomic E-state index is 0.172. The molecule has 3 heteroatoms. The first kappa shape index (κ1) is 14.6. The summed E-state index contributed by atoms with van der Waals surface area (Å²) in [6, 6.07) is 14.1. The molecule has 1 aromatic heterocycles. The van der Waals surface area contributed by atoms with Crippen molar-refractivity contribution in [2.75, 3.05) is 13.2 Å². The highest BCUT2D eigenvalue weighted by molar-refractivity contribution is 5.48. The van der Waals surface area contributed by atoms with E-state index in [9.17, 15) is 0 Å². The summed E-state index contributed by atoms with van der Waals surface area (Å²) in [6.07, 6.45) is 5.97. The van der Waals surface area contributed by atoms with Gasteiger partial charge < -0.3 is 14.5 Å². The fourth-order valence-electron chi connectivity index (χ4n) is 1.84. The van der Waals surface area contributed by atoms with Crippen molar-refractivity contribution in [2.24, 2.45) is 0 Å². The van der Waals surface area contributed by atoms with Crippen LogP contribution in [0.3, 0.4) is 0 Å². The Hall–Kier alpha value is -1.84. The number of ether oxygens (including phenoxy) is 1. The molecule has 1 aromatic carbocycles. The van der Waals surface area contributed by atoms with Crippen molar-refractivity contribution in [1.82, 2.24) is 5.32 Å². The average Bonchev–Trinajstić information content (AvgIpc) is 2.98. The molecule has 106 valence electrons. The van der Waals surface area contributed by atoms with E-state index < -0.39 is 0 Å². The molecule has 0 saturated heterocycles. The molecular formula is C17H21NO2. The summed E-state index contributed by atoms with van der Waals surface area (Å²) >= 11 is 0. The second-order valence-corrected chi connectivity index (χ2v) is 4.67. The van der Waals surface area contributed by atoms with Gasteiger partial charge in [0.2, 0.25) is 0 Å². The quantitative estimate of drug-likeness (QED) is 0.798. The van der Waals surface area contributed by atoms with Crippen LogP contribution >= 0.6 is 0 Å². The number of benzene rings is 1. The zero-order valence-corrected chi connectivity index (χ0v) is 11.8. The van der Waals surface area contributed by atoms with Crippen molar-refractivity contribution in [1.29, 1.82) is 0 Å². The van der Waals surface area contributed by atoms with Gasteiger partial charge in [-0.25, -0.2) is 0 Å². The van der Waals surface area contributed by atoms with Crippen molar-refractivity contribution >= 4 is 6.08 Å². The summed E-state index contributed by atoms with van der Waals surface area (Å²) in [5.41, 5.74) is 1.19. The Morgan fingerprint density at radius 2 is 2.05 bits per heavy atom. The highest BCUT2D eigenvalue weighted by Gasteiger charge is 2.01. The van der Waals surface area contributed by atoms with Crippen LogP contribution in [0.1, 0.15) is 18.2 Å². The molecule has 1 unspecified atom stereocenters. The number of furan rings is 1. The lowest BCUT2D eigenvalue weighted by molar-refractivity contribution is 0.0875. The molecule has 20 heavy (non-hydrogen) atoms. The molecule has 0 aliphatic heterocycles. The molecule has 0 amide bonds. The van der Waals surface area contributed by atoms with Gasteiger partial charge in [-0.2, -0.15) is 0 Å². The molecule has 0 spiro atoms. The van der Waals surface area contributed by atoms with E-state index in [1.165, 1.54) is 5.56 Å². The third-order valence-corrected chi connectivity index (χ3v) is 2.90. The summed E-state index contributed by atoms with van der Waals surface area (Å²) in [5, 5.41) is 3.30. The molecule has 0 aliphatic rings. The van der Waals surface area contributed by atoms with Crippen LogP contribution in [0.4, 0.5) is 0 Å². The molecular weight excluding hydrogens is 250 g/mol. The highest BCUT2D eigenvalue weighted by Crippen LogP contribution is 2.01. The predicted octanol–water partition coefficient (Wildman–Crippen LogP) is 3.49. The van der Waals surface area contributed by atoms with Crippen molar-refractivity contribution in [3.63, 3.8) is 0 Å². The lowest BCUT2D eigenvalue weighted by atomic mass is 10.2. The van der Waals surface area contributed by atoms with Crippen LogP contribution in [-0.2, 0) is 11.3 Å². The summed E-state index contributed by atoms with van der Waals surface area (Å²) < 4.78 is 11.0. The Kier molecular flexibility index (Phi) is 6.08. The molecule has 0 saturated carbocycles. The minimum Gasteiger partial charge on any atom is -0.468 e. The first-order chi connectivity index (χ1) is 9.84. The van der Waals surface area contributed by atoms with Crippen LogP contribution < -0.4 is 5.32 Å². The standard InChI is InChI=1S/C17H21NO2/c1-15(13-18-14-17-10-6-12-20-17)19-11-5-9-16-7-3-2-4-8-16/h2-10,12,15,18H,11,13-14H2,1H3. The summed E-state index contributed by atoms with van der Waals surface area (Å²) in [5.74, 6) is 0.946. The van der Waals surface area contributed by atoms with Crippen LogP contribution in [0.5, 0.6) is 0 Å². The van der Waals surface area contributed by atoms with E-state index >= 15 is 0 Å². The molecule has 0 bridgehead atoms. The number of hydrogen-bond acceptors (Lipinski definition) is 3. The number of hydrogen-bond donors (Lipinski definition) is 1. The van der Waals surface area contributed by atoms with Gasteiger partial charge in [0.15, 0.2) is 0 Å². The highest BCUT2D eigenvalue weighted by atomic mass is 16.5. The van der Waals surface area contributed by atoms with Crippen LogP contribution in [-0.4, -0.2) is 19.3 Å². The molecule has 2 aromatic rings. The molecule has 2 rings (SSSR count). The Bertz CT molecular complexity index is 491. The average molecular weight is 271 g/mol. The molecule has 3 nitrogen and oxygen atoms in total. The van der Waals surface area contributed by atoms with E-state index in [0.29, 0.717) is 6.61 Å². The normalized spacial score (nSPS) is 12.8. The molecule has 0 radical (unpaired) electrons. The van der Waals surface area contributed by atoms with Crippen LogP contribution in [0.25, 0.3) is 6.08 Å².